The van der Waals surface area contributed by atoms with Crippen molar-refractivity contribution in [2.75, 3.05) is 27.1 Å². The Morgan fingerprint density at radius 1 is 1.06 bits per heavy atom. The van der Waals surface area contributed by atoms with Gasteiger partial charge in [0.1, 0.15) is 11.1 Å². The number of nitrogen functional groups attached to an aromatic ring is 1. The number of rotatable bonds is 3. The van der Waals surface area contributed by atoms with Crippen molar-refractivity contribution >= 4 is 17.6 Å². The number of hydrogen-bond acceptors (Lipinski definition) is 7. The van der Waals surface area contributed by atoms with Gasteiger partial charge in [-0.1, -0.05) is 0 Å². The largest absolute Gasteiger partial charge is 0.480 e. The van der Waals surface area contributed by atoms with E-state index < -0.39 is 11.9 Å². The Balaban J connectivity index is 3.66. The van der Waals surface area contributed by atoms with E-state index in [0.29, 0.717) is 5.69 Å². The first-order valence-electron chi connectivity index (χ1n) is 4.98. The van der Waals surface area contributed by atoms with Crippen LogP contribution in [0, 0.1) is 6.92 Å². The van der Waals surface area contributed by atoms with Gasteiger partial charge in [-0.2, -0.15) is 0 Å². The highest BCUT2D eigenvalue weighted by Crippen LogP contribution is 2.28. The molecule has 98 valence electrons. The maximum absolute atomic E-state index is 11.7. The van der Waals surface area contributed by atoms with E-state index >= 15 is 0 Å². The van der Waals surface area contributed by atoms with E-state index in [1.54, 1.807) is 6.92 Å². The number of ether oxygens (including phenoxy) is 3. The standard InChI is InChI=1S/C11H14N2O5/c1-5-8(12)6(10(14)17-3)7(11(15)18-4)9(13-5)16-2/h12H2,1-4H3. The average Bonchev–Trinajstić information content (AvgIpc) is 2.39. The third kappa shape index (κ3) is 2.20. The van der Waals surface area contributed by atoms with Crippen LogP contribution >= 0.6 is 0 Å². The number of carbonyl (C=O) groups is 2. The lowest BCUT2D eigenvalue weighted by Gasteiger charge is -2.14. The summed E-state index contributed by atoms with van der Waals surface area (Å²) in [7, 11) is 3.69. The van der Waals surface area contributed by atoms with Crippen LogP contribution in [0.4, 0.5) is 5.69 Å². The zero-order valence-corrected chi connectivity index (χ0v) is 10.6. The van der Waals surface area contributed by atoms with Gasteiger partial charge >= 0.3 is 11.9 Å². The van der Waals surface area contributed by atoms with Crippen molar-refractivity contribution in [3.05, 3.63) is 16.8 Å². The molecule has 0 aliphatic rings. The minimum absolute atomic E-state index is 0.0334. The van der Waals surface area contributed by atoms with Gasteiger partial charge in [0.05, 0.1) is 32.7 Å². The lowest BCUT2D eigenvalue weighted by molar-refractivity contribution is 0.0552. The molecule has 0 bridgehead atoms. The van der Waals surface area contributed by atoms with Crippen molar-refractivity contribution in [3.8, 4) is 5.88 Å². The van der Waals surface area contributed by atoms with Gasteiger partial charge in [0.25, 0.3) is 0 Å². The van der Waals surface area contributed by atoms with Gasteiger partial charge in [0.2, 0.25) is 5.88 Å². The minimum atomic E-state index is -0.772. The first-order chi connectivity index (χ1) is 8.47. The molecule has 0 atom stereocenters. The number of methoxy groups -OCH3 is 3. The molecule has 1 aromatic rings. The van der Waals surface area contributed by atoms with E-state index in [9.17, 15) is 9.59 Å². The van der Waals surface area contributed by atoms with Gasteiger partial charge in [-0.3, -0.25) is 0 Å². The van der Waals surface area contributed by atoms with Crippen LogP contribution in [0.5, 0.6) is 5.88 Å². The minimum Gasteiger partial charge on any atom is -0.480 e. The number of aryl methyl sites for hydroxylation is 1. The molecule has 1 rings (SSSR count). The zero-order chi connectivity index (χ0) is 13.9. The highest BCUT2D eigenvalue weighted by molar-refractivity contribution is 6.08. The summed E-state index contributed by atoms with van der Waals surface area (Å²) in [5, 5.41) is 0. The normalized spacial score (nSPS) is 9.78. The Kier molecular flexibility index (Phi) is 4.09. The Hall–Kier alpha value is -2.31. The van der Waals surface area contributed by atoms with Gasteiger partial charge < -0.3 is 19.9 Å². The first-order valence-corrected chi connectivity index (χ1v) is 4.98. The van der Waals surface area contributed by atoms with Crippen LogP contribution in [0.2, 0.25) is 0 Å². The fourth-order valence-electron chi connectivity index (χ4n) is 1.44. The fourth-order valence-corrected chi connectivity index (χ4v) is 1.44. The number of hydrogen-bond donors (Lipinski definition) is 1. The van der Waals surface area contributed by atoms with Crippen molar-refractivity contribution < 1.29 is 23.8 Å². The summed E-state index contributed by atoms with van der Waals surface area (Å²) in [6.45, 7) is 1.59. The van der Waals surface area contributed by atoms with E-state index in [0.717, 1.165) is 0 Å². The van der Waals surface area contributed by atoms with Crippen molar-refractivity contribution in [3.63, 3.8) is 0 Å². The summed E-state index contributed by atoms with van der Waals surface area (Å²) in [4.78, 5) is 27.4. The molecule has 0 saturated carbocycles. The van der Waals surface area contributed by atoms with Crippen LogP contribution in [-0.4, -0.2) is 38.3 Å². The van der Waals surface area contributed by atoms with Crippen LogP contribution in [0.15, 0.2) is 0 Å². The molecule has 2 N–H and O–H groups in total. The molecule has 0 fully saturated rings. The third-order valence-corrected chi connectivity index (χ3v) is 2.36. The number of nitrogens with two attached hydrogens (primary N) is 1. The number of carbonyl (C=O) groups excluding carboxylic acids is 2. The highest BCUT2D eigenvalue weighted by atomic mass is 16.5. The molecule has 0 radical (unpaired) electrons. The second-order valence-corrected chi connectivity index (χ2v) is 3.35. The smallest absolute Gasteiger partial charge is 0.344 e. The molecular weight excluding hydrogens is 240 g/mol. The summed E-state index contributed by atoms with van der Waals surface area (Å²) in [5.41, 5.74) is 5.92. The molecular formula is C11H14N2O5. The predicted octanol–water partition coefficient (Wildman–Crippen LogP) is 0.554. The van der Waals surface area contributed by atoms with Crippen LogP contribution in [-0.2, 0) is 9.47 Å². The van der Waals surface area contributed by atoms with Crippen LogP contribution in [0.25, 0.3) is 0 Å². The van der Waals surface area contributed by atoms with Crippen LogP contribution in [0.3, 0.4) is 0 Å². The van der Waals surface area contributed by atoms with Crippen molar-refractivity contribution in [2.45, 2.75) is 6.92 Å². The average molecular weight is 254 g/mol. The fraction of sp³-hybridized carbons (Fsp3) is 0.364. The van der Waals surface area contributed by atoms with Gasteiger partial charge in [0.15, 0.2) is 0 Å². The Morgan fingerprint density at radius 3 is 2.00 bits per heavy atom. The second-order valence-electron chi connectivity index (χ2n) is 3.35. The summed E-state index contributed by atoms with van der Waals surface area (Å²) in [5.74, 6) is -1.56. The third-order valence-electron chi connectivity index (χ3n) is 2.36. The predicted molar refractivity (Wildman–Crippen MR) is 62.6 cm³/mol. The molecule has 1 heterocycles. The molecule has 0 unspecified atom stereocenters. The Bertz CT molecular complexity index is 499. The lowest BCUT2D eigenvalue weighted by atomic mass is 10.1. The number of anilines is 1. The summed E-state index contributed by atoms with van der Waals surface area (Å²) >= 11 is 0. The van der Waals surface area contributed by atoms with Crippen molar-refractivity contribution in [1.82, 2.24) is 4.98 Å². The topological polar surface area (TPSA) is 101 Å². The molecule has 0 aromatic carbocycles. The lowest BCUT2D eigenvalue weighted by Crippen LogP contribution is -2.18. The van der Waals surface area contributed by atoms with Gasteiger partial charge in [0, 0.05) is 0 Å². The van der Waals surface area contributed by atoms with Crippen molar-refractivity contribution in [2.24, 2.45) is 0 Å². The van der Waals surface area contributed by atoms with E-state index in [1.165, 1.54) is 21.3 Å². The SMILES string of the molecule is COC(=O)c1c(OC)nc(C)c(N)c1C(=O)OC. The quantitative estimate of drug-likeness (QED) is 0.786. The summed E-state index contributed by atoms with van der Waals surface area (Å²) in [6, 6.07) is 0. The van der Waals surface area contributed by atoms with Gasteiger partial charge in [-0.05, 0) is 6.92 Å². The number of esters is 2. The monoisotopic (exact) mass is 254 g/mol. The molecule has 0 spiro atoms. The molecule has 18 heavy (non-hydrogen) atoms. The first kappa shape index (κ1) is 13.8. The second kappa shape index (κ2) is 5.35. The van der Waals surface area contributed by atoms with E-state index in [2.05, 4.69) is 14.5 Å². The summed E-state index contributed by atoms with van der Waals surface area (Å²) < 4.78 is 14.1. The molecule has 1 aromatic heterocycles. The maximum Gasteiger partial charge on any atom is 0.344 e. The highest BCUT2D eigenvalue weighted by Gasteiger charge is 2.28. The van der Waals surface area contributed by atoms with E-state index in [4.69, 9.17) is 10.5 Å². The van der Waals surface area contributed by atoms with Crippen molar-refractivity contribution in [1.29, 1.82) is 0 Å². The van der Waals surface area contributed by atoms with Gasteiger partial charge in [-0.15, -0.1) is 0 Å². The molecule has 7 heteroatoms. The molecule has 0 aliphatic carbocycles. The summed E-state index contributed by atoms with van der Waals surface area (Å²) in [6.07, 6.45) is 0. The molecule has 0 aliphatic heterocycles. The van der Waals surface area contributed by atoms with Gasteiger partial charge in [-0.25, -0.2) is 14.6 Å². The van der Waals surface area contributed by atoms with E-state index in [1.807, 2.05) is 0 Å². The van der Waals surface area contributed by atoms with E-state index in [-0.39, 0.29) is 22.7 Å². The zero-order valence-electron chi connectivity index (χ0n) is 10.6. The number of aromatic nitrogens is 1. The van der Waals surface area contributed by atoms with Crippen LogP contribution in [0.1, 0.15) is 26.4 Å². The number of nitrogens with zero attached hydrogens (tertiary/aromatic N) is 1. The van der Waals surface area contributed by atoms with Crippen LogP contribution < -0.4 is 10.5 Å². The molecule has 7 nitrogen and oxygen atoms in total. The Morgan fingerprint density at radius 2 is 1.56 bits per heavy atom. The Labute approximate surface area is 104 Å². The maximum atomic E-state index is 11.7. The molecule has 0 saturated heterocycles. The number of pyridine rings is 1. The molecule has 0 amide bonds.